The minimum Gasteiger partial charge on any atom is -0.462 e. The third kappa shape index (κ3) is 3.30. The molecule has 0 bridgehead atoms. The van der Waals surface area contributed by atoms with E-state index in [0.717, 1.165) is 16.3 Å². The first-order chi connectivity index (χ1) is 13.7. The summed E-state index contributed by atoms with van der Waals surface area (Å²) >= 11 is 0. The maximum Gasteiger partial charge on any atom is 0.346 e. The highest BCUT2D eigenvalue weighted by molar-refractivity contribution is 5.96. The zero-order chi connectivity index (χ0) is 19.5. The summed E-state index contributed by atoms with van der Waals surface area (Å²) in [5.74, 6) is -0.275. The van der Waals surface area contributed by atoms with Gasteiger partial charge in [0, 0.05) is 11.1 Å². The van der Waals surface area contributed by atoms with E-state index < -0.39 is 11.5 Å². The van der Waals surface area contributed by atoms with Gasteiger partial charge in [0.15, 0.2) is 5.56 Å². The Morgan fingerprint density at radius 2 is 1.64 bits per heavy atom. The average Bonchev–Trinajstić information content (AvgIpc) is 2.73. The van der Waals surface area contributed by atoms with Gasteiger partial charge in [0.05, 0.1) is 12.3 Å². The van der Waals surface area contributed by atoms with E-state index in [0.29, 0.717) is 17.1 Å². The molecule has 4 aromatic rings. The molecule has 0 amide bonds. The molecule has 0 aliphatic carbocycles. The predicted molar refractivity (Wildman–Crippen MR) is 109 cm³/mol. The van der Waals surface area contributed by atoms with Crippen molar-refractivity contribution < 1.29 is 9.53 Å². The topological polar surface area (TPSA) is 72.0 Å². The average molecular weight is 370 g/mol. The monoisotopic (exact) mass is 370 g/mol. The van der Waals surface area contributed by atoms with Crippen molar-refractivity contribution >= 4 is 16.7 Å². The van der Waals surface area contributed by atoms with Gasteiger partial charge in [-0.05, 0) is 23.8 Å². The summed E-state index contributed by atoms with van der Waals surface area (Å²) in [5.41, 5.74) is 1.15. The van der Waals surface area contributed by atoms with Crippen molar-refractivity contribution in [1.29, 1.82) is 0 Å². The summed E-state index contributed by atoms with van der Waals surface area (Å²) in [6.07, 6.45) is 0. The molecule has 0 saturated carbocycles. The first-order valence-electron chi connectivity index (χ1n) is 9.03. The van der Waals surface area contributed by atoms with Crippen molar-refractivity contribution in [3.8, 4) is 22.6 Å². The van der Waals surface area contributed by atoms with Gasteiger partial charge in [-0.3, -0.25) is 4.79 Å². The number of fused-ring (bicyclic) bond motifs is 1. The molecule has 0 radical (unpaired) electrons. The number of carbonyl (C=O) groups excluding carboxylic acids is 1. The van der Waals surface area contributed by atoms with Crippen LogP contribution >= 0.6 is 0 Å². The van der Waals surface area contributed by atoms with Crippen LogP contribution in [0.5, 0.6) is 0 Å². The van der Waals surface area contributed by atoms with Crippen LogP contribution in [0.1, 0.15) is 17.3 Å². The Morgan fingerprint density at radius 3 is 2.39 bits per heavy atom. The second-order valence-corrected chi connectivity index (χ2v) is 6.29. The van der Waals surface area contributed by atoms with Crippen LogP contribution in [0.3, 0.4) is 0 Å². The lowest BCUT2D eigenvalue weighted by atomic mass is 10.0. The summed E-state index contributed by atoms with van der Waals surface area (Å²) in [4.78, 5) is 32.6. The van der Waals surface area contributed by atoms with Crippen molar-refractivity contribution in [2.45, 2.75) is 6.92 Å². The number of hydrogen-bond donors (Lipinski definition) is 1. The van der Waals surface area contributed by atoms with Crippen LogP contribution in [-0.4, -0.2) is 22.5 Å². The van der Waals surface area contributed by atoms with Crippen LogP contribution in [0, 0.1) is 0 Å². The molecule has 4 rings (SSSR count). The fraction of sp³-hybridized carbons (Fsp3) is 0.0870. The van der Waals surface area contributed by atoms with Crippen molar-refractivity contribution in [3.63, 3.8) is 0 Å². The van der Waals surface area contributed by atoms with Gasteiger partial charge in [-0.15, -0.1) is 0 Å². The van der Waals surface area contributed by atoms with Gasteiger partial charge in [0.25, 0.3) is 5.56 Å². The number of H-pyrrole nitrogens is 1. The molecule has 1 aromatic heterocycles. The molecule has 0 aliphatic heterocycles. The summed E-state index contributed by atoms with van der Waals surface area (Å²) in [7, 11) is 0. The number of rotatable bonds is 4. The number of benzene rings is 3. The molecule has 0 unspecified atom stereocenters. The highest BCUT2D eigenvalue weighted by atomic mass is 16.5. The minimum atomic E-state index is -0.680. The molecule has 0 spiro atoms. The van der Waals surface area contributed by atoms with E-state index in [9.17, 15) is 9.59 Å². The number of carbonyl (C=O) groups is 1. The van der Waals surface area contributed by atoms with Crippen LogP contribution in [0.15, 0.2) is 77.6 Å². The molecule has 0 atom stereocenters. The molecule has 0 aliphatic rings. The quantitative estimate of drug-likeness (QED) is 0.539. The summed E-state index contributed by atoms with van der Waals surface area (Å²) in [6.45, 7) is 1.88. The largest absolute Gasteiger partial charge is 0.462 e. The number of nitrogens with one attached hydrogen (secondary N) is 1. The van der Waals surface area contributed by atoms with Crippen LogP contribution in [0.4, 0.5) is 0 Å². The Bertz CT molecular complexity index is 1210. The van der Waals surface area contributed by atoms with Gasteiger partial charge in [0.1, 0.15) is 5.82 Å². The molecule has 28 heavy (non-hydrogen) atoms. The second-order valence-electron chi connectivity index (χ2n) is 6.29. The summed E-state index contributed by atoms with van der Waals surface area (Å²) in [6, 6.07) is 23.0. The zero-order valence-electron chi connectivity index (χ0n) is 15.3. The molecule has 1 N–H and O–H groups in total. The van der Waals surface area contributed by atoms with Crippen molar-refractivity contribution in [2.75, 3.05) is 6.61 Å². The predicted octanol–water partition coefficient (Wildman–Crippen LogP) is 4.43. The Labute approximate surface area is 161 Å². The van der Waals surface area contributed by atoms with Gasteiger partial charge in [-0.1, -0.05) is 66.7 Å². The highest BCUT2D eigenvalue weighted by Gasteiger charge is 2.21. The number of hydrogen-bond acceptors (Lipinski definition) is 4. The van der Waals surface area contributed by atoms with Gasteiger partial charge in [-0.2, -0.15) is 0 Å². The summed E-state index contributed by atoms with van der Waals surface area (Å²) < 4.78 is 5.08. The van der Waals surface area contributed by atoms with E-state index in [4.69, 9.17) is 4.74 Å². The van der Waals surface area contributed by atoms with Crippen molar-refractivity contribution in [2.24, 2.45) is 0 Å². The molecule has 3 aromatic carbocycles. The number of ether oxygens (including phenoxy) is 1. The first-order valence-corrected chi connectivity index (χ1v) is 9.03. The SMILES string of the molecule is CCOC(=O)c1c(-c2ccccc2)nc(-c2ccc3ccccc3c2)[nH]c1=O. The lowest BCUT2D eigenvalue weighted by molar-refractivity contribution is 0.0525. The molecule has 1 heterocycles. The van der Waals surface area contributed by atoms with E-state index in [2.05, 4.69) is 9.97 Å². The third-order valence-corrected chi connectivity index (χ3v) is 4.47. The normalized spacial score (nSPS) is 10.8. The van der Waals surface area contributed by atoms with E-state index in [1.54, 1.807) is 6.92 Å². The van der Waals surface area contributed by atoms with Crippen LogP contribution in [-0.2, 0) is 4.74 Å². The lowest BCUT2D eigenvalue weighted by Crippen LogP contribution is -2.23. The third-order valence-electron chi connectivity index (χ3n) is 4.47. The first kappa shape index (κ1) is 17.7. The Kier molecular flexibility index (Phi) is 4.72. The number of esters is 1. The Hall–Kier alpha value is -3.73. The molecule has 5 heteroatoms. The fourth-order valence-corrected chi connectivity index (χ4v) is 3.14. The van der Waals surface area contributed by atoms with Gasteiger partial charge in [0.2, 0.25) is 0 Å². The highest BCUT2D eigenvalue weighted by Crippen LogP contribution is 2.25. The molecule has 5 nitrogen and oxygen atoms in total. The number of aromatic amines is 1. The smallest absolute Gasteiger partial charge is 0.346 e. The minimum absolute atomic E-state index is 0.0856. The van der Waals surface area contributed by atoms with E-state index in [-0.39, 0.29) is 12.2 Å². The molecular weight excluding hydrogens is 352 g/mol. The maximum atomic E-state index is 12.8. The van der Waals surface area contributed by atoms with Crippen LogP contribution in [0.25, 0.3) is 33.4 Å². The van der Waals surface area contributed by atoms with Gasteiger partial charge < -0.3 is 9.72 Å². The second kappa shape index (κ2) is 7.48. The lowest BCUT2D eigenvalue weighted by Gasteiger charge is -2.10. The molecule has 138 valence electrons. The molecule has 0 saturated heterocycles. The van der Waals surface area contributed by atoms with Gasteiger partial charge >= 0.3 is 5.97 Å². The number of nitrogens with zero attached hydrogens (tertiary/aromatic N) is 1. The Balaban J connectivity index is 1.93. The number of aromatic nitrogens is 2. The van der Waals surface area contributed by atoms with Gasteiger partial charge in [-0.25, -0.2) is 9.78 Å². The molecule has 0 fully saturated rings. The van der Waals surface area contributed by atoms with E-state index >= 15 is 0 Å². The van der Waals surface area contributed by atoms with Crippen molar-refractivity contribution in [3.05, 3.63) is 88.7 Å². The van der Waals surface area contributed by atoms with Crippen molar-refractivity contribution in [1.82, 2.24) is 9.97 Å². The molecular formula is C23H18N2O3. The fourth-order valence-electron chi connectivity index (χ4n) is 3.14. The van der Waals surface area contributed by atoms with E-state index in [1.165, 1.54) is 0 Å². The summed E-state index contributed by atoms with van der Waals surface area (Å²) in [5, 5.41) is 2.14. The zero-order valence-corrected chi connectivity index (χ0v) is 15.3. The standard InChI is InChI=1S/C23H18N2O3/c1-2-28-23(27)19-20(16-9-4-3-5-10-16)24-21(25-22(19)26)18-13-12-15-8-6-7-11-17(15)14-18/h3-14H,2H2,1H3,(H,24,25,26). The maximum absolute atomic E-state index is 12.8. The Morgan fingerprint density at radius 1 is 0.929 bits per heavy atom. The van der Waals surface area contributed by atoms with Crippen LogP contribution in [0.2, 0.25) is 0 Å². The van der Waals surface area contributed by atoms with Crippen LogP contribution < -0.4 is 5.56 Å². The van der Waals surface area contributed by atoms with E-state index in [1.807, 2.05) is 72.8 Å².